The van der Waals surface area contributed by atoms with E-state index in [2.05, 4.69) is 39.2 Å². The molecule has 0 bridgehead atoms. The molecule has 1 N–H and O–H groups in total. The molecule has 0 spiro atoms. The van der Waals surface area contributed by atoms with Gasteiger partial charge in [-0.15, -0.1) is 0 Å². The van der Waals surface area contributed by atoms with Crippen LogP contribution in [0.5, 0.6) is 0 Å². The molecule has 0 amide bonds. The largest absolute Gasteiger partial charge is 0.466 e. The normalized spacial score (nSPS) is 12.5. The lowest BCUT2D eigenvalue weighted by atomic mass is 10.1. The first-order chi connectivity index (χ1) is 9.31. The fourth-order valence-electron chi connectivity index (χ4n) is 2.04. The molecule has 2 aromatic rings. The predicted molar refractivity (Wildman–Crippen MR) is 80.0 cm³/mol. The molecular formula is C15H19BrN2O. The highest BCUT2D eigenvalue weighted by atomic mass is 79.9. The van der Waals surface area contributed by atoms with Crippen LogP contribution < -0.4 is 5.32 Å². The fraction of sp³-hybridized carbons (Fsp3) is 0.400. The van der Waals surface area contributed by atoms with Crippen molar-refractivity contribution >= 4 is 15.9 Å². The highest BCUT2D eigenvalue weighted by Crippen LogP contribution is 2.27. The third-order valence-corrected chi connectivity index (χ3v) is 3.67. The van der Waals surface area contributed by atoms with Crippen LogP contribution in [0.2, 0.25) is 0 Å². The number of aryl methyl sites for hydroxylation is 1. The van der Waals surface area contributed by atoms with Crippen LogP contribution in [-0.2, 0) is 6.42 Å². The quantitative estimate of drug-likeness (QED) is 0.833. The molecule has 0 aromatic carbocycles. The summed E-state index contributed by atoms with van der Waals surface area (Å²) in [6.07, 6.45) is 6.59. The first kappa shape index (κ1) is 14.3. The topological polar surface area (TPSA) is 38.1 Å². The Bertz CT molecular complexity index is 484. The van der Waals surface area contributed by atoms with Crippen LogP contribution in [0.4, 0.5) is 0 Å². The van der Waals surface area contributed by atoms with Gasteiger partial charge in [0.1, 0.15) is 5.76 Å². The third-order valence-electron chi connectivity index (χ3n) is 3.02. The van der Waals surface area contributed by atoms with Gasteiger partial charge in [-0.25, -0.2) is 0 Å². The number of aromatic nitrogens is 1. The molecule has 2 rings (SSSR count). The van der Waals surface area contributed by atoms with E-state index in [4.69, 9.17) is 4.42 Å². The second-order valence-corrected chi connectivity index (χ2v) is 5.35. The number of rotatable bonds is 7. The molecule has 0 fully saturated rings. The molecule has 3 nitrogen and oxygen atoms in total. The zero-order valence-corrected chi connectivity index (χ0v) is 12.7. The highest BCUT2D eigenvalue weighted by Gasteiger charge is 2.17. The van der Waals surface area contributed by atoms with Crippen LogP contribution >= 0.6 is 15.9 Å². The number of pyridine rings is 1. The van der Waals surface area contributed by atoms with Crippen LogP contribution in [0.3, 0.4) is 0 Å². The summed E-state index contributed by atoms with van der Waals surface area (Å²) in [5, 5.41) is 3.53. The number of furan rings is 1. The first-order valence-electron chi connectivity index (χ1n) is 6.67. The lowest BCUT2D eigenvalue weighted by Gasteiger charge is -2.16. The summed E-state index contributed by atoms with van der Waals surface area (Å²) in [5.74, 6) is 0.976. The number of halogens is 1. The van der Waals surface area contributed by atoms with Crippen LogP contribution in [0.25, 0.3) is 0 Å². The molecular weight excluding hydrogens is 304 g/mol. The van der Waals surface area contributed by atoms with Gasteiger partial charge in [-0.2, -0.15) is 0 Å². The molecule has 2 heterocycles. The lowest BCUT2D eigenvalue weighted by Crippen LogP contribution is -2.22. The van der Waals surface area contributed by atoms with E-state index >= 15 is 0 Å². The molecule has 1 atom stereocenters. The average Bonchev–Trinajstić information content (AvgIpc) is 2.86. The van der Waals surface area contributed by atoms with Crippen LogP contribution in [-0.4, -0.2) is 11.5 Å². The van der Waals surface area contributed by atoms with Crippen molar-refractivity contribution in [3.8, 4) is 0 Å². The molecule has 2 aromatic heterocycles. The van der Waals surface area contributed by atoms with Gasteiger partial charge < -0.3 is 9.73 Å². The lowest BCUT2D eigenvalue weighted by molar-refractivity contribution is 0.393. The number of hydrogen-bond acceptors (Lipinski definition) is 3. The van der Waals surface area contributed by atoms with Gasteiger partial charge in [0.25, 0.3) is 0 Å². The van der Waals surface area contributed by atoms with E-state index in [1.807, 2.05) is 24.4 Å². The fourth-order valence-corrected chi connectivity index (χ4v) is 2.51. The Hall–Kier alpha value is -1.13. The smallest absolute Gasteiger partial charge is 0.134 e. The Kier molecular flexibility index (Phi) is 5.61. The van der Waals surface area contributed by atoms with Crippen molar-refractivity contribution in [2.24, 2.45) is 0 Å². The second kappa shape index (κ2) is 7.46. The molecule has 1 unspecified atom stereocenters. The molecule has 0 saturated heterocycles. The Morgan fingerprint density at radius 3 is 2.89 bits per heavy atom. The summed E-state index contributed by atoms with van der Waals surface area (Å²) in [6, 6.07) is 8.20. The van der Waals surface area contributed by atoms with E-state index in [0.29, 0.717) is 0 Å². The number of nitrogens with one attached hydrogen (secondary N) is 1. The molecule has 0 aliphatic heterocycles. The van der Waals surface area contributed by atoms with Gasteiger partial charge >= 0.3 is 0 Å². The van der Waals surface area contributed by atoms with Crippen molar-refractivity contribution in [2.75, 3.05) is 6.54 Å². The number of nitrogens with zero attached hydrogens (tertiary/aromatic N) is 1. The molecule has 4 heteroatoms. The van der Waals surface area contributed by atoms with Gasteiger partial charge in [-0.1, -0.05) is 13.0 Å². The van der Waals surface area contributed by atoms with Crippen molar-refractivity contribution < 1.29 is 4.42 Å². The molecule has 0 radical (unpaired) electrons. The summed E-state index contributed by atoms with van der Waals surface area (Å²) < 4.78 is 6.61. The van der Waals surface area contributed by atoms with E-state index < -0.39 is 0 Å². The highest BCUT2D eigenvalue weighted by molar-refractivity contribution is 9.10. The van der Waals surface area contributed by atoms with E-state index in [0.717, 1.165) is 41.7 Å². The Labute approximate surface area is 122 Å². The van der Waals surface area contributed by atoms with Crippen molar-refractivity contribution in [1.82, 2.24) is 10.3 Å². The minimum absolute atomic E-state index is 0.228. The first-order valence-corrected chi connectivity index (χ1v) is 7.46. The number of hydrogen-bond donors (Lipinski definition) is 1. The van der Waals surface area contributed by atoms with E-state index in [9.17, 15) is 0 Å². The maximum atomic E-state index is 5.58. The molecule has 102 valence electrons. The van der Waals surface area contributed by atoms with Gasteiger partial charge in [0, 0.05) is 11.9 Å². The monoisotopic (exact) mass is 322 g/mol. The molecule has 0 saturated carbocycles. The maximum Gasteiger partial charge on any atom is 0.134 e. The standard InChI is InChI=1S/C15H19BrN2O/c1-2-9-18-14(15-13(16)8-11-19-15)7-6-12-5-3-4-10-17-12/h3-5,8,10-11,14,18H,2,6-7,9H2,1H3. The van der Waals surface area contributed by atoms with Crippen molar-refractivity contribution in [3.63, 3.8) is 0 Å². The summed E-state index contributed by atoms with van der Waals surface area (Å²) in [7, 11) is 0. The summed E-state index contributed by atoms with van der Waals surface area (Å²) in [6.45, 7) is 3.15. The van der Waals surface area contributed by atoms with E-state index in [1.54, 1.807) is 6.26 Å². The van der Waals surface area contributed by atoms with Gasteiger partial charge in [-0.3, -0.25) is 4.98 Å². The Balaban J connectivity index is 2.00. The van der Waals surface area contributed by atoms with E-state index in [-0.39, 0.29) is 6.04 Å². The molecule has 0 aliphatic rings. The van der Waals surface area contributed by atoms with Crippen LogP contribution in [0, 0.1) is 0 Å². The van der Waals surface area contributed by atoms with Crippen molar-refractivity contribution in [1.29, 1.82) is 0 Å². The van der Waals surface area contributed by atoms with Gasteiger partial charge in [0.05, 0.1) is 16.8 Å². The predicted octanol–water partition coefficient (Wildman–Crippen LogP) is 4.11. The van der Waals surface area contributed by atoms with Gasteiger partial charge in [0.15, 0.2) is 0 Å². The minimum Gasteiger partial charge on any atom is -0.466 e. The van der Waals surface area contributed by atoms with E-state index in [1.165, 1.54) is 0 Å². The minimum atomic E-state index is 0.228. The average molecular weight is 323 g/mol. The SMILES string of the molecule is CCCNC(CCc1ccccn1)c1occc1Br. The Morgan fingerprint density at radius 2 is 2.26 bits per heavy atom. The van der Waals surface area contributed by atoms with Gasteiger partial charge in [0.2, 0.25) is 0 Å². The third kappa shape index (κ3) is 4.18. The van der Waals surface area contributed by atoms with Crippen molar-refractivity contribution in [2.45, 2.75) is 32.2 Å². The van der Waals surface area contributed by atoms with Gasteiger partial charge in [-0.05, 0) is 59.9 Å². The summed E-state index contributed by atoms with van der Waals surface area (Å²) in [4.78, 5) is 4.36. The van der Waals surface area contributed by atoms with Crippen LogP contribution in [0.15, 0.2) is 45.6 Å². The zero-order valence-electron chi connectivity index (χ0n) is 11.1. The van der Waals surface area contributed by atoms with Crippen molar-refractivity contribution in [3.05, 3.63) is 52.7 Å². The maximum absolute atomic E-state index is 5.58. The Morgan fingerprint density at radius 1 is 1.37 bits per heavy atom. The zero-order chi connectivity index (χ0) is 13.5. The molecule has 0 aliphatic carbocycles. The summed E-state index contributed by atoms with van der Waals surface area (Å²) >= 11 is 3.54. The summed E-state index contributed by atoms with van der Waals surface area (Å²) in [5.41, 5.74) is 1.12. The van der Waals surface area contributed by atoms with Crippen LogP contribution in [0.1, 0.15) is 37.3 Å². The second-order valence-electron chi connectivity index (χ2n) is 4.50. The molecule has 19 heavy (non-hydrogen) atoms.